The van der Waals surface area contributed by atoms with E-state index in [9.17, 15) is 4.57 Å². The molecule has 0 atom stereocenters. The van der Waals surface area contributed by atoms with E-state index in [0.717, 1.165) is 16.3 Å². The molecule has 1 saturated heterocycles. The molecule has 0 amide bonds. The zero-order chi connectivity index (χ0) is 17.6. The lowest BCUT2D eigenvalue weighted by Gasteiger charge is -2.18. The maximum absolute atomic E-state index is 12.9. The summed E-state index contributed by atoms with van der Waals surface area (Å²) in [4.78, 5) is 0.820. The molecule has 0 unspecified atom stereocenters. The molecule has 1 aromatic rings. The van der Waals surface area contributed by atoms with Gasteiger partial charge in [0.1, 0.15) is 0 Å². The Balaban J connectivity index is 1.85. The smallest absolute Gasteiger partial charge is 0.377 e. The summed E-state index contributed by atoms with van der Waals surface area (Å²) in [7, 11) is 0. The first-order valence-corrected chi connectivity index (χ1v) is 11.2. The summed E-state index contributed by atoms with van der Waals surface area (Å²) in [5.74, 6) is 0. The highest BCUT2D eigenvalue weighted by molar-refractivity contribution is 8.55. The van der Waals surface area contributed by atoms with Crippen LogP contribution < -0.4 is 0 Å². The lowest BCUT2D eigenvalue weighted by molar-refractivity contribution is -0.00426. The van der Waals surface area contributed by atoms with E-state index in [4.69, 9.17) is 28.0 Å². The summed E-state index contributed by atoms with van der Waals surface area (Å²) in [6.45, 7) is 0.548. The summed E-state index contributed by atoms with van der Waals surface area (Å²) < 4.78 is 45.5. The van der Waals surface area contributed by atoms with Gasteiger partial charge in [-0.2, -0.15) is 0 Å². The van der Waals surface area contributed by atoms with Crippen LogP contribution in [-0.2, 0) is 32.6 Å². The minimum absolute atomic E-state index is 0.182. The van der Waals surface area contributed by atoms with Crippen LogP contribution in [0.15, 0.2) is 35.2 Å². The van der Waals surface area contributed by atoms with Crippen LogP contribution >= 0.6 is 18.2 Å². The van der Waals surface area contributed by atoms with E-state index in [-0.39, 0.29) is 13.2 Å². The van der Waals surface area contributed by atoms with E-state index < -0.39 is 6.80 Å². The fraction of sp³-hybridized carbons (Fsp3) is 0.625. The van der Waals surface area contributed by atoms with Gasteiger partial charge in [0.05, 0.1) is 66.1 Å². The van der Waals surface area contributed by atoms with E-state index in [1.807, 2.05) is 30.3 Å². The van der Waals surface area contributed by atoms with Crippen LogP contribution in [0.4, 0.5) is 0 Å². The Morgan fingerprint density at radius 3 is 1.48 bits per heavy atom. The Bertz CT molecular complexity index is 481. The molecule has 0 N–H and O–H groups in total. The van der Waals surface area contributed by atoms with Gasteiger partial charge in [-0.3, -0.25) is 9.05 Å². The van der Waals surface area contributed by atoms with Crippen molar-refractivity contribution in [2.45, 2.75) is 4.90 Å². The first kappa shape index (κ1) is 20.9. The van der Waals surface area contributed by atoms with Gasteiger partial charge in [-0.15, -0.1) is 0 Å². The summed E-state index contributed by atoms with van der Waals surface area (Å²) in [6.07, 6.45) is 0. The largest absolute Gasteiger partial charge is 0.394 e. The van der Waals surface area contributed by atoms with Crippen LogP contribution in [0, 0.1) is 0 Å². The van der Waals surface area contributed by atoms with E-state index in [1.54, 1.807) is 0 Å². The second-order valence-electron chi connectivity index (χ2n) is 4.97. The van der Waals surface area contributed by atoms with Crippen LogP contribution in [0.25, 0.3) is 0 Å². The van der Waals surface area contributed by atoms with Crippen molar-refractivity contribution >= 4 is 18.2 Å². The second kappa shape index (κ2) is 12.8. The molecule has 9 heteroatoms. The molecule has 25 heavy (non-hydrogen) atoms. The van der Waals surface area contributed by atoms with E-state index in [0.29, 0.717) is 52.9 Å². The van der Waals surface area contributed by atoms with Gasteiger partial charge < -0.3 is 18.9 Å². The van der Waals surface area contributed by atoms with Crippen molar-refractivity contribution in [3.63, 3.8) is 0 Å². The number of hydrogen-bond donors (Lipinski definition) is 0. The molecule has 142 valence electrons. The third kappa shape index (κ3) is 9.72. The van der Waals surface area contributed by atoms with Crippen LogP contribution in [-0.4, -0.2) is 66.1 Å². The standard InChI is InChI=1S/C16H25O7PS/c17-24(25-16-4-2-1-3-5-16)22-14-12-20-10-8-18-6-7-19-9-11-21-13-15-23-24/h1-5H,6-15H2. The van der Waals surface area contributed by atoms with Crippen molar-refractivity contribution in [1.82, 2.24) is 0 Å². The topological polar surface area (TPSA) is 72.5 Å². The van der Waals surface area contributed by atoms with Crippen molar-refractivity contribution in [1.29, 1.82) is 0 Å². The number of hydrogen-bond acceptors (Lipinski definition) is 8. The fourth-order valence-corrected chi connectivity index (χ4v) is 5.09. The lowest BCUT2D eigenvalue weighted by Crippen LogP contribution is -2.12. The minimum Gasteiger partial charge on any atom is -0.377 e. The molecule has 1 aliphatic rings. The highest BCUT2D eigenvalue weighted by atomic mass is 32.7. The SMILES string of the molecule is O=P1(Sc2ccccc2)OCCOCCOCCOCCOCCO1. The molecule has 0 aromatic heterocycles. The quantitative estimate of drug-likeness (QED) is 0.712. The van der Waals surface area contributed by atoms with Gasteiger partial charge in [0.2, 0.25) is 0 Å². The van der Waals surface area contributed by atoms with Crippen molar-refractivity contribution in [2.24, 2.45) is 0 Å². The summed E-state index contributed by atoms with van der Waals surface area (Å²) >= 11 is 1.09. The lowest BCUT2D eigenvalue weighted by atomic mass is 10.4. The van der Waals surface area contributed by atoms with Crippen LogP contribution in [0.5, 0.6) is 0 Å². The Kier molecular flexibility index (Phi) is 10.7. The third-order valence-corrected chi connectivity index (χ3v) is 6.67. The predicted octanol–water partition coefficient (Wildman–Crippen LogP) is 3.00. The molecule has 1 aromatic carbocycles. The average molecular weight is 392 g/mol. The highest BCUT2D eigenvalue weighted by Gasteiger charge is 2.26. The predicted molar refractivity (Wildman–Crippen MR) is 95.1 cm³/mol. The van der Waals surface area contributed by atoms with Gasteiger partial charge in [0, 0.05) is 4.90 Å². The van der Waals surface area contributed by atoms with E-state index in [1.165, 1.54) is 0 Å². The Hall–Kier alpha value is -0.440. The van der Waals surface area contributed by atoms with Gasteiger partial charge in [-0.1, -0.05) is 18.2 Å². The van der Waals surface area contributed by atoms with Crippen molar-refractivity contribution in [3.05, 3.63) is 30.3 Å². The maximum atomic E-state index is 12.9. The normalized spacial score (nSPS) is 22.1. The molecular formula is C16H25O7PS. The molecule has 2 rings (SSSR count). The van der Waals surface area contributed by atoms with Gasteiger partial charge in [0.15, 0.2) is 0 Å². The first-order chi connectivity index (χ1) is 12.3. The van der Waals surface area contributed by atoms with Gasteiger partial charge in [-0.25, -0.2) is 4.57 Å². The van der Waals surface area contributed by atoms with E-state index in [2.05, 4.69) is 0 Å². The van der Waals surface area contributed by atoms with Crippen molar-refractivity contribution < 1.29 is 32.6 Å². The molecule has 0 spiro atoms. The molecule has 1 heterocycles. The van der Waals surface area contributed by atoms with Gasteiger partial charge >= 0.3 is 6.80 Å². The molecule has 1 fully saturated rings. The second-order valence-corrected chi connectivity index (χ2v) is 8.92. The van der Waals surface area contributed by atoms with Gasteiger partial charge in [0.25, 0.3) is 0 Å². The van der Waals surface area contributed by atoms with Crippen LogP contribution in [0.1, 0.15) is 0 Å². The maximum Gasteiger partial charge on any atom is 0.394 e. The Labute approximate surface area is 152 Å². The summed E-state index contributed by atoms with van der Waals surface area (Å²) in [5, 5.41) is 0. The number of rotatable bonds is 2. The number of ether oxygens (including phenoxy) is 4. The third-order valence-electron chi connectivity index (χ3n) is 3.03. The summed E-state index contributed by atoms with van der Waals surface area (Å²) in [5.41, 5.74) is 0. The zero-order valence-corrected chi connectivity index (χ0v) is 15.9. The van der Waals surface area contributed by atoms with E-state index >= 15 is 0 Å². The average Bonchev–Trinajstić information content (AvgIpc) is 2.62. The van der Waals surface area contributed by atoms with Crippen molar-refractivity contribution in [2.75, 3.05) is 66.1 Å². The summed E-state index contributed by atoms with van der Waals surface area (Å²) in [6, 6.07) is 9.37. The molecule has 1 aliphatic heterocycles. The van der Waals surface area contributed by atoms with Gasteiger partial charge in [-0.05, 0) is 23.5 Å². The Morgan fingerprint density at radius 2 is 1.04 bits per heavy atom. The fourth-order valence-electron chi connectivity index (χ4n) is 1.88. The van der Waals surface area contributed by atoms with Crippen LogP contribution in [0.2, 0.25) is 0 Å². The monoisotopic (exact) mass is 392 g/mol. The molecular weight excluding hydrogens is 367 g/mol. The van der Waals surface area contributed by atoms with Crippen molar-refractivity contribution in [3.8, 4) is 0 Å². The first-order valence-electron chi connectivity index (χ1n) is 8.23. The molecule has 0 radical (unpaired) electrons. The molecule has 0 bridgehead atoms. The molecule has 0 aliphatic carbocycles. The molecule has 7 nitrogen and oxygen atoms in total. The zero-order valence-electron chi connectivity index (χ0n) is 14.2. The molecule has 0 saturated carbocycles. The van der Waals surface area contributed by atoms with Crippen LogP contribution in [0.3, 0.4) is 0 Å². The number of benzene rings is 1. The Morgan fingerprint density at radius 1 is 0.640 bits per heavy atom. The minimum atomic E-state index is -3.35. The highest BCUT2D eigenvalue weighted by Crippen LogP contribution is 2.63.